The number of nitro groups is 1. The van der Waals surface area contributed by atoms with Gasteiger partial charge in [0.2, 0.25) is 11.8 Å². The van der Waals surface area contributed by atoms with Crippen LogP contribution in [0.3, 0.4) is 0 Å². The van der Waals surface area contributed by atoms with Crippen LogP contribution in [0.1, 0.15) is 23.7 Å². The van der Waals surface area contributed by atoms with E-state index in [1.807, 2.05) is 0 Å². The number of ether oxygens (including phenoxy) is 1. The molecule has 2 heterocycles. The Morgan fingerprint density at radius 3 is 2.66 bits per heavy atom. The summed E-state index contributed by atoms with van der Waals surface area (Å²) < 4.78 is 4.85. The van der Waals surface area contributed by atoms with E-state index >= 15 is 0 Å². The van der Waals surface area contributed by atoms with Crippen LogP contribution in [-0.4, -0.2) is 44.5 Å². The van der Waals surface area contributed by atoms with Gasteiger partial charge >= 0.3 is 5.97 Å². The minimum atomic E-state index is -0.787. The highest BCUT2D eigenvalue weighted by Gasteiger charge is 2.40. The van der Waals surface area contributed by atoms with Gasteiger partial charge in [0.1, 0.15) is 16.6 Å². The van der Waals surface area contributed by atoms with Crippen molar-refractivity contribution < 1.29 is 24.0 Å². The van der Waals surface area contributed by atoms with Crippen molar-refractivity contribution in [3.05, 3.63) is 46.1 Å². The lowest BCUT2D eigenvalue weighted by atomic mass is 10.2. The summed E-state index contributed by atoms with van der Waals surface area (Å²) in [5.74, 6) is -1.69. The van der Waals surface area contributed by atoms with E-state index in [0.717, 1.165) is 16.7 Å². The number of hydrogen-bond donors (Lipinski definition) is 1. The van der Waals surface area contributed by atoms with E-state index in [0.29, 0.717) is 0 Å². The predicted molar refractivity (Wildman–Crippen MR) is 102 cm³/mol. The molecule has 0 aliphatic carbocycles. The average molecular weight is 417 g/mol. The first-order valence-corrected chi connectivity index (χ1v) is 9.27. The van der Waals surface area contributed by atoms with E-state index < -0.39 is 28.0 Å². The SMILES string of the molecule is CCOC(=O)c1cnc(S[C@H]2CC(=O)N(c3ccc([N+](=O)[O-])cc3)C2=O)nc1N. The first-order chi connectivity index (χ1) is 13.8. The van der Waals surface area contributed by atoms with E-state index in [1.54, 1.807) is 6.92 Å². The zero-order valence-electron chi connectivity index (χ0n) is 15.1. The summed E-state index contributed by atoms with van der Waals surface area (Å²) in [5, 5.41) is 10.1. The largest absolute Gasteiger partial charge is 0.462 e. The van der Waals surface area contributed by atoms with Crippen LogP contribution in [0.15, 0.2) is 35.6 Å². The molecule has 0 spiro atoms. The number of thioether (sulfide) groups is 1. The van der Waals surface area contributed by atoms with Crippen LogP contribution < -0.4 is 10.6 Å². The van der Waals surface area contributed by atoms with Crippen molar-refractivity contribution in [2.75, 3.05) is 17.2 Å². The summed E-state index contributed by atoms with van der Waals surface area (Å²) in [7, 11) is 0. The van der Waals surface area contributed by atoms with Gasteiger partial charge in [0.15, 0.2) is 5.16 Å². The van der Waals surface area contributed by atoms with Crippen LogP contribution in [0.25, 0.3) is 0 Å². The first kappa shape index (κ1) is 20.2. The van der Waals surface area contributed by atoms with Gasteiger partial charge < -0.3 is 10.5 Å². The van der Waals surface area contributed by atoms with Crippen molar-refractivity contribution >= 4 is 46.7 Å². The van der Waals surface area contributed by atoms with Gasteiger partial charge in [0.25, 0.3) is 5.69 Å². The Kier molecular flexibility index (Phi) is 5.73. The average Bonchev–Trinajstić information content (AvgIpc) is 2.95. The number of aromatic nitrogens is 2. The van der Waals surface area contributed by atoms with Gasteiger partial charge in [-0.05, 0) is 19.1 Å². The number of rotatable bonds is 6. The van der Waals surface area contributed by atoms with E-state index in [1.165, 1.54) is 30.5 Å². The Morgan fingerprint density at radius 2 is 2.07 bits per heavy atom. The number of carbonyl (C=O) groups excluding carboxylic acids is 3. The molecule has 29 heavy (non-hydrogen) atoms. The minimum absolute atomic E-state index is 0.0116. The fourth-order valence-corrected chi connectivity index (χ4v) is 3.57. The molecule has 3 rings (SSSR count). The van der Waals surface area contributed by atoms with Gasteiger partial charge in [-0.15, -0.1) is 0 Å². The predicted octanol–water partition coefficient (Wildman–Crippen LogP) is 1.57. The minimum Gasteiger partial charge on any atom is -0.462 e. The third-order valence-corrected chi connectivity index (χ3v) is 5.02. The highest BCUT2D eigenvalue weighted by molar-refractivity contribution is 8.00. The van der Waals surface area contributed by atoms with E-state index in [9.17, 15) is 24.5 Å². The Balaban J connectivity index is 1.75. The number of carbonyl (C=O) groups is 3. The van der Waals surface area contributed by atoms with E-state index in [2.05, 4.69) is 9.97 Å². The van der Waals surface area contributed by atoms with Crippen molar-refractivity contribution in [2.45, 2.75) is 23.8 Å². The summed E-state index contributed by atoms with van der Waals surface area (Å²) in [6, 6.07) is 5.11. The smallest absolute Gasteiger partial charge is 0.343 e. The van der Waals surface area contributed by atoms with Crippen LogP contribution in [0.2, 0.25) is 0 Å². The summed E-state index contributed by atoms with van der Waals surface area (Å²) in [5.41, 5.74) is 5.87. The molecule has 1 aliphatic rings. The Morgan fingerprint density at radius 1 is 1.38 bits per heavy atom. The molecular weight excluding hydrogens is 402 g/mol. The van der Waals surface area contributed by atoms with Crippen LogP contribution in [0.4, 0.5) is 17.2 Å². The third-order valence-electron chi connectivity index (χ3n) is 3.96. The van der Waals surface area contributed by atoms with Gasteiger partial charge in [-0.1, -0.05) is 11.8 Å². The second-order valence-corrected chi connectivity index (χ2v) is 6.99. The normalized spacial score (nSPS) is 16.2. The first-order valence-electron chi connectivity index (χ1n) is 8.39. The number of esters is 1. The fraction of sp³-hybridized carbons (Fsp3) is 0.235. The van der Waals surface area contributed by atoms with Gasteiger partial charge in [-0.3, -0.25) is 19.7 Å². The molecule has 0 unspecified atom stereocenters. The summed E-state index contributed by atoms with van der Waals surface area (Å²) in [6.07, 6.45) is 1.11. The molecule has 0 radical (unpaired) electrons. The maximum absolute atomic E-state index is 12.7. The quantitative estimate of drug-likeness (QED) is 0.240. The molecule has 11 nitrogen and oxygen atoms in total. The molecule has 2 amide bonds. The Hall–Kier alpha value is -3.54. The van der Waals surface area contributed by atoms with Crippen molar-refractivity contribution in [2.24, 2.45) is 0 Å². The van der Waals surface area contributed by atoms with Gasteiger partial charge in [-0.25, -0.2) is 19.7 Å². The van der Waals surface area contributed by atoms with Gasteiger partial charge in [0.05, 0.1) is 17.2 Å². The number of non-ortho nitro benzene ring substituents is 1. The van der Waals surface area contributed by atoms with Crippen LogP contribution in [-0.2, 0) is 14.3 Å². The molecule has 0 bridgehead atoms. The lowest BCUT2D eigenvalue weighted by molar-refractivity contribution is -0.384. The van der Waals surface area contributed by atoms with Crippen molar-refractivity contribution in [3.8, 4) is 0 Å². The lowest BCUT2D eigenvalue weighted by Crippen LogP contribution is -2.31. The standard InChI is InChI=1S/C17H15N5O6S/c1-2-28-16(25)11-8-19-17(20-14(11)18)29-12-7-13(23)21(15(12)24)9-3-5-10(6-4-9)22(26)27/h3-6,8,12H,2,7H2,1H3,(H2,18,19,20)/t12-/m0/s1. The monoisotopic (exact) mass is 417 g/mol. The number of hydrogen-bond acceptors (Lipinski definition) is 10. The maximum Gasteiger partial charge on any atom is 0.343 e. The summed E-state index contributed by atoms with van der Waals surface area (Å²) >= 11 is 0.943. The molecule has 12 heteroatoms. The number of nitrogen functional groups attached to an aromatic ring is 1. The highest BCUT2D eigenvalue weighted by Crippen LogP contribution is 2.33. The third kappa shape index (κ3) is 4.16. The van der Waals surface area contributed by atoms with Gasteiger partial charge in [-0.2, -0.15) is 0 Å². The number of anilines is 2. The van der Waals surface area contributed by atoms with E-state index in [-0.39, 0.29) is 40.9 Å². The molecule has 1 aliphatic heterocycles. The number of amides is 2. The second kappa shape index (κ2) is 8.22. The molecule has 1 aromatic carbocycles. The van der Waals surface area contributed by atoms with Crippen molar-refractivity contribution in [1.82, 2.24) is 9.97 Å². The molecule has 1 fully saturated rings. The molecule has 1 aromatic heterocycles. The van der Waals surface area contributed by atoms with Crippen LogP contribution in [0, 0.1) is 10.1 Å². The van der Waals surface area contributed by atoms with Crippen molar-refractivity contribution in [1.29, 1.82) is 0 Å². The topological polar surface area (TPSA) is 159 Å². The summed E-state index contributed by atoms with van der Waals surface area (Å²) in [4.78, 5) is 55.9. The molecule has 2 aromatic rings. The molecule has 150 valence electrons. The number of benzene rings is 1. The lowest BCUT2D eigenvalue weighted by Gasteiger charge is -2.14. The van der Waals surface area contributed by atoms with E-state index in [4.69, 9.17) is 10.5 Å². The Labute approximate surface area is 168 Å². The number of nitro benzene ring substituents is 1. The molecule has 0 saturated carbocycles. The maximum atomic E-state index is 12.7. The molecule has 1 saturated heterocycles. The zero-order chi connectivity index (χ0) is 21.1. The zero-order valence-corrected chi connectivity index (χ0v) is 15.9. The second-order valence-electron chi connectivity index (χ2n) is 5.82. The number of imide groups is 1. The number of nitrogens with zero attached hydrogens (tertiary/aromatic N) is 4. The van der Waals surface area contributed by atoms with Crippen LogP contribution >= 0.6 is 11.8 Å². The molecular formula is C17H15N5O6S. The Bertz CT molecular complexity index is 996. The van der Waals surface area contributed by atoms with Crippen LogP contribution in [0.5, 0.6) is 0 Å². The fourth-order valence-electron chi connectivity index (χ4n) is 2.62. The molecule has 1 atom stereocenters. The molecule has 2 N–H and O–H groups in total. The summed E-state index contributed by atoms with van der Waals surface area (Å²) in [6.45, 7) is 1.82. The van der Waals surface area contributed by atoms with Crippen molar-refractivity contribution in [3.63, 3.8) is 0 Å². The number of nitrogens with two attached hydrogens (primary N) is 1. The van der Waals surface area contributed by atoms with Gasteiger partial charge in [0, 0.05) is 24.8 Å². The highest BCUT2D eigenvalue weighted by atomic mass is 32.2.